The summed E-state index contributed by atoms with van der Waals surface area (Å²) in [7, 11) is 3.12. The van der Waals surface area contributed by atoms with Crippen molar-refractivity contribution in [3.8, 4) is 17.2 Å². The van der Waals surface area contributed by atoms with Gasteiger partial charge in [-0.3, -0.25) is 4.79 Å². The van der Waals surface area contributed by atoms with Crippen LogP contribution in [0, 0.1) is 0 Å². The molecule has 0 aliphatic heterocycles. The molecule has 7 nitrogen and oxygen atoms in total. The summed E-state index contributed by atoms with van der Waals surface area (Å²) < 4.78 is 15.6. The predicted molar refractivity (Wildman–Crippen MR) is 93.7 cm³/mol. The topological polar surface area (TPSA) is 82.6 Å². The van der Waals surface area contributed by atoms with Crippen LogP contribution in [0.1, 0.15) is 6.92 Å². The first-order valence-electron chi connectivity index (χ1n) is 7.53. The fraction of sp³-hybridized carbons (Fsp3) is 0.167. The van der Waals surface area contributed by atoms with E-state index in [-0.39, 0.29) is 0 Å². The Bertz CT molecular complexity index is 910. The van der Waals surface area contributed by atoms with Gasteiger partial charge >= 0.3 is 5.97 Å². The Morgan fingerprint density at radius 1 is 1.00 bits per heavy atom. The van der Waals surface area contributed by atoms with Gasteiger partial charge in [-0.15, -0.1) is 0 Å². The normalized spacial score (nSPS) is 10.4. The fourth-order valence-electron chi connectivity index (χ4n) is 2.37. The van der Waals surface area contributed by atoms with Crippen LogP contribution in [0.3, 0.4) is 0 Å². The van der Waals surface area contributed by atoms with Crippen LogP contribution in [0.25, 0.3) is 10.9 Å². The molecule has 0 unspecified atom stereocenters. The van der Waals surface area contributed by atoms with E-state index in [4.69, 9.17) is 14.2 Å². The van der Waals surface area contributed by atoms with Crippen LogP contribution >= 0.6 is 0 Å². The van der Waals surface area contributed by atoms with E-state index in [1.54, 1.807) is 19.2 Å². The number of ether oxygens (including phenoxy) is 3. The molecule has 0 spiro atoms. The molecule has 0 saturated carbocycles. The van der Waals surface area contributed by atoms with Crippen LogP contribution < -0.4 is 19.5 Å². The van der Waals surface area contributed by atoms with Crippen molar-refractivity contribution in [2.24, 2.45) is 0 Å². The van der Waals surface area contributed by atoms with Crippen molar-refractivity contribution in [2.75, 3.05) is 19.5 Å². The van der Waals surface area contributed by atoms with Crippen molar-refractivity contribution in [2.45, 2.75) is 6.92 Å². The molecule has 1 N–H and O–H groups in total. The highest BCUT2D eigenvalue weighted by molar-refractivity contribution is 5.93. The highest BCUT2D eigenvalue weighted by Gasteiger charge is 2.13. The van der Waals surface area contributed by atoms with Crippen molar-refractivity contribution >= 4 is 28.4 Å². The number of rotatable bonds is 5. The van der Waals surface area contributed by atoms with E-state index in [1.165, 1.54) is 20.4 Å². The smallest absolute Gasteiger partial charge is 0.308 e. The molecule has 2 aromatic carbocycles. The summed E-state index contributed by atoms with van der Waals surface area (Å²) in [6.07, 6.45) is 1.46. The fourth-order valence-corrected chi connectivity index (χ4v) is 2.37. The third-order valence-electron chi connectivity index (χ3n) is 3.53. The number of fused-ring (bicyclic) bond motifs is 1. The summed E-state index contributed by atoms with van der Waals surface area (Å²) in [6.45, 7) is 1.33. The Morgan fingerprint density at radius 2 is 1.76 bits per heavy atom. The average Bonchev–Trinajstić information content (AvgIpc) is 2.62. The maximum Gasteiger partial charge on any atom is 0.308 e. The third-order valence-corrected chi connectivity index (χ3v) is 3.53. The maximum atomic E-state index is 11.3. The van der Waals surface area contributed by atoms with E-state index in [1.807, 2.05) is 24.3 Å². The van der Waals surface area contributed by atoms with Crippen LogP contribution in [-0.2, 0) is 4.79 Å². The lowest BCUT2D eigenvalue weighted by Gasteiger charge is -2.12. The van der Waals surface area contributed by atoms with Crippen LogP contribution in [-0.4, -0.2) is 30.2 Å². The molecule has 0 atom stereocenters. The lowest BCUT2D eigenvalue weighted by molar-refractivity contribution is -0.132. The van der Waals surface area contributed by atoms with Gasteiger partial charge in [-0.05, 0) is 30.3 Å². The molecular formula is C18H17N3O4. The summed E-state index contributed by atoms with van der Waals surface area (Å²) >= 11 is 0. The van der Waals surface area contributed by atoms with Gasteiger partial charge in [0.05, 0.1) is 19.7 Å². The molecule has 0 bridgehead atoms. The van der Waals surface area contributed by atoms with Gasteiger partial charge in [0.15, 0.2) is 11.5 Å². The van der Waals surface area contributed by atoms with Gasteiger partial charge < -0.3 is 19.5 Å². The number of carbonyl (C=O) groups excluding carboxylic acids is 1. The van der Waals surface area contributed by atoms with E-state index >= 15 is 0 Å². The zero-order valence-electron chi connectivity index (χ0n) is 14.1. The van der Waals surface area contributed by atoms with Gasteiger partial charge in [0.2, 0.25) is 0 Å². The number of hydrogen-bond acceptors (Lipinski definition) is 7. The molecule has 25 heavy (non-hydrogen) atoms. The minimum Gasteiger partial charge on any atom is -0.497 e. The molecule has 1 heterocycles. The first-order valence-corrected chi connectivity index (χ1v) is 7.53. The molecule has 0 aliphatic carbocycles. The Hall–Kier alpha value is -3.35. The minimum absolute atomic E-state index is 0.315. The second kappa shape index (κ2) is 7.04. The molecule has 0 saturated heterocycles. The molecule has 0 radical (unpaired) electrons. The van der Waals surface area contributed by atoms with Gasteiger partial charge in [0, 0.05) is 24.1 Å². The summed E-state index contributed by atoms with van der Waals surface area (Å²) in [5.74, 6) is 1.66. The van der Waals surface area contributed by atoms with Crippen molar-refractivity contribution in [3.63, 3.8) is 0 Å². The van der Waals surface area contributed by atoms with E-state index in [0.29, 0.717) is 28.2 Å². The zero-order chi connectivity index (χ0) is 17.8. The van der Waals surface area contributed by atoms with Crippen molar-refractivity contribution in [1.82, 2.24) is 9.97 Å². The van der Waals surface area contributed by atoms with Crippen LogP contribution in [0.4, 0.5) is 11.5 Å². The number of anilines is 2. The lowest BCUT2D eigenvalue weighted by atomic mass is 10.2. The van der Waals surface area contributed by atoms with Crippen LogP contribution in [0.15, 0.2) is 42.7 Å². The highest BCUT2D eigenvalue weighted by Crippen LogP contribution is 2.34. The predicted octanol–water partition coefficient (Wildman–Crippen LogP) is 3.32. The maximum absolute atomic E-state index is 11.3. The van der Waals surface area contributed by atoms with E-state index < -0.39 is 5.97 Å². The second-order valence-corrected chi connectivity index (χ2v) is 5.19. The number of carbonyl (C=O) groups is 1. The number of nitrogens with one attached hydrogen (secondary N) is 1. The Balaban J connectivity index is 2.03. The average molecular weight is 339 g/mol. The lowest BCUT2D eigenvalue weighted by Crippen LogP contribution is -2.04. The Kier molecular flexibility index (Phi) is 4.65. The standard InChI is InChI=1S/C18H17N3O4/c1-11(22)25-17-8-14-15(9-16(17)24-3)19-10-20-18(14)21-12-4-6-13(23-2)7-5-12/h4-10H,1-3H3,(H,19,20,21). The van der Waals surface area contributed by atoms with E-state index in [2.05, 4.69) is 15.3 Å². The number of aromatic nitrogens is 2. The van der Waals surface area contributed by atoms with Crippen molar-refractivity contribution in [1.29, 1.82) is 0 Å². The van der Waals surface area contributed by atoms with Gasteiger partial charge in [-0.1, -0.05) is 0 Å². The molecule has 128 valence electrons. The molecule has 3 aromatic rings. The minimum atomic E-state index is -0.431. The van der Waals surface area contributed by atoms with Gasteiger partial charge in [0.25, 0.3) is 0 Å². The molecule has 1 aromatic heterocycles. The van der Waals surface area contributed by atoms with Gasteiger partial charge in [0.1, 0.15) is 17.9 Å². The van der Waals surface area contributed by atoms with E-state index in [9.17, 15) is 4.79 Å². The van der Waals surface area contributed by atoms with Crippen molar-refractivity contribution in [3.05, 3.63) is 42.7 Å². The summed E-state index contributed by atoms with van der Waals surface area (Å²) in [5, 5.41) is 3.93. The summed E-state index contributed by atoms with van der Waals surface area (Å²) in [5.41, 5.74) is 1.50. The number of esters is 1. The molecule has 0 aliphatic rings. The number of benzene rings is 2. The number of hydrogen-bond donors (Lipinski definition) is 1. The summed E-state index contributed by atoms with van der Waals surface area (Å²) in [6, 6.07) is 10.8. The van der Waals surface area contributed by atoms with Crippen LogP contribution in [0.2, 0.25) is 0 Å². The van der Waals surface area contributed by atoms with Crippen LogP contribution in [0.5, 0.6) is 17.2 Å². The second-order valence-electron chi connectivity index (χ2n) is 5.19. The molecule has 7 heteroatoms. The van der Waals surface area contributed by atoms with Gasteiger partial charge in [-0.2, -0.15) is 0 Å². The molecule has 0 fully saturated rings. The Morgan fingerprint density at radius 3 is 2.40 bits per heavy atom. The molecule has 0 amide bonds. The number of methoxy groups -OCH3 is 2. The monoisotopic (exact) mass is 339 g/mol. The summed E-state index contributed by atoms with van der Waals surface area (Å²) in [4.78, 5) is 19.9. The zero-order valence-corrected chi connectivity index (χ0v) is 14.1. The highest BCUT2D eigenvalue weighted by atomic mass is 16.6. The third kappa shape index (κ3) is 3.60. The Labute approximate surface area is 144 Å². The first kappa shape index (κ1) is 16.5. The van der Waals surface area contributed by atoms with Crippen molar-refractivity contribution < 1.29 is 19.0 Å². The number of nitrogens with zero attached hydrogens (tertiary/aromatic N) is 2. The largest absolute Gasteiger partial charge is 0.497 e. The first-order chi connectivity index (χ1) is 12.1. The quantitative estimate of drug-likeness (QED) is 0.564. The molecule has 3 rings (SSSR count). The molecular weight excluding hydrogens is 322 g/mol. The van der Waals surface area contributed by atoms with Gasteiger partial charge in [-0.25, -0.2) is 9.97 Å². The van der Waals surface area contributed by atoms with E-state index in [0.717, 1.165) is 11.4 Å². The SMILES string of the molecule is COc1ccc(Nc2ncnc3cc(OC)c(OC(C)=O)cc23)cc1.